The molecule has 3 fully saturated rings. The van der Waals surface area contributed by atoms with E-state index in [0.29, 0.717) is 39.4 Å². The zero-order valence-electron chi connectivity index (χ0n) is 15.0. The zero-order valence-corrected chi connectivity index (χ0v) is 15.0. The first kappa shape index (κ1) is 17.7. The molecule has 0 radical (unpaired) electrons. The fourth-order valence-electron chi connectivity index (χ4n) is 4.12. The Kier molecular flexibility index (Phi) is 5.45. The fraction of sp³-hybridized carbons (Fsp3) is 0.889. The molecule has 2 amide bonds. The molecule has 0 bridgehead atoms. The summed E-state index contributed by atoms with van der Waals surface area (Å²) in [5.74, 6) is 1.14. The Bertz CT molecular complexity index is 476. The molecule has 2 saturated heterocycles. The summed E-state index contributed by atoms with van der Waals surface area (Å²) in [6, 6.07) is 0. The number of rotatable bonds is 2. The van der Waals surface area contributed by atoms with Crippen LogP contribution in [0, 0.1) is 11.8 Å². The number of carbonyl (C=O) groups is 2. The largest absolute Gasteiger partial charge is 0.376 e. The summed E-state index contributed by atoms with van der Waals surface area (Å²) >= 11 is 0. The van der Waals surface area contributed by atoms with Gasteiger partial charge in [0.25, 0.3) is 0 Å². The Hall–Kier alpha value is -1.14. The van der Waals surface area contributed by atoms with Crippen LogP contribution in [0.1, 0.15) is 39.5 Å². The van der Waals surface area contributed by atoms with Crippen LogP contribution in [0.15, 0.2) is 0 Å². The molecule has 2 aliphatic heterocycles. The van der Waals surface area contributed by atoms with E-state index in [1.54, 1.807) is 0 Å². The minimum absolute atomic E-state index is 0.0199. The number of carbonyl (C=O) groups excluding carboxylic acids is 2. The Morgan fingerprint density at radius 3 is 2.71 bits per heavy atom. The van der Waals surface area contributed by atoms with Crippen LogP contribution in [0.25, 0.3) is 0 Å². The second-order valence-electron chi connectivity index (χ2n) is 7.65. The maximum absolute atomic E-state index is 13.0. The molecule has 6 heteroatoms. The SMILES string of the molecule is CCN1CC2(COCCN(C(=O)C3CCC(C)CC3)C2)OCC1=O. The van der Waals surface area contributed by atoms with Crippen molar-refractivity contribution in [3.8, 4) is 0 Å². The van der Waals surface area contributed by atoms with Gasteiger partial charge in [0.1, 0.15) is 12.2 Å². The summed E-state index contributed by atoms with van der Waals surface area (Å²) in [6.07, 6.45) is 4.26. The van der Waals surface area contributed by atoms with E-state index >= 15 is 0 Å². The Balaban J connectivity index is 1.68. The number of hydrogen-bond acceptors (Lipinski definition) is 4. The van der Waals surface area contributed by atoms with Crippen LogP contribution >= 0.6 is 0 Å². The lowest BCUT2D eigenvalue weighted by Gasteiger charge is -2.43. The molecule has 136 valence electrons. The van der Waals surface area contributed by atoms with E-state index in [9.17, 15) is 9.59 Å². The third-order valence-corrected chi connectivity index (χ3v) is 5.74. The molecule has 1 spiro atoms. The molecule has 3 aliphatic rings. The van der Waals surface area contributed by atoms with Crippen molar-refractivity contribution < 1.29 is 19.1 Å². The molecule has 3 rings (SSSR count). The second-order valence-corrected chi connectivity index (χ2v) is 7.65. The van der Waals surface area contributed by atoms with Crippen LogP contribution < -0.4 is 0 Å². The van der Waals surface area contributed by atoms with Gasteiger partial charge >= 0.3 is 0 Å². The Morgan fingerprint density at radius 2 is 2.00 bits per heavy atom. The van der Waals surface area contributed by atoms with Crippen molar-refractivity contribution in [2.75, 3.05) is 46.0 Å². The van der Waals surface area contributed by atoms with Crippen LogP contribution in [0.5, 0.6) is 0 Å². The second kappa shape index (κ2) is 7.40. The highest BCUT2D eigenvalue weighted by Crippen LogP contribution is 2.31. The van der Waals surface area contributed by atoms with Crippen LogP contribution in [-0.2, 0) is 19.1 Å². The molecule has 0 N–H and O–H groups in total. The summed E-state index contributed by atoms with van der Waals surface area (Å²) in [4.78, 5) is 28.6. The van der Waals surface area contributed by atoms with Gasteiger partial charge in [-0.3, -0.25) is 9.59 Å². The normalized spacial score (nSPS) is 35.2. The Morgan fingerprint density at radius 1 is 1.25 bits per heavy atom. The molecule has 2 heterocycles. The summed E-state index contributed by atoms with van der Waals surface area (Å²) < 4.78 is 11.6. The van der Waals surface area contributed by atoms with Crippen LogP contribution in [-0.4, -0.2) is 73.2 Å². The van der Waals surface area contributed by atoms with E-state index < -0.39 is 5.60 Å². The highest BCUT2D eigenvalue weighted by Gasteiger charge is 2.44. The minimum atomic E-state index is -0.571. The monoisotopic (exact) mass is 338 g/mol. The van der Waals surface area contributed by atoms with E-state index in [4.69, 9.17) is 9.47 Å². The van der Waals surface area contributed by atoms with Crippen molar-refractivity contribution in [1.29, 1.82) is 0 Å². The Labute approximate surface area is 144 Å². The summed E-state index contributed by atoms with van der Waals surface area (Å²) in [6.45, 7) is 7.63. The van der Waals surface area contributed by atoms with E-state index in [2.05, 4.69) is 6.92 Å². The lowest BCUT2D eigenvalue weighted by atomic mass is 9.82. The van der Waals surface area contributed by atoms with E-state index in [-0.39, 0.29) is 24.3 Å². The van der Waals surface area contributed by atoms with Crippen LogP contribution in [0.2, 0.25) is 0 Å². The van der Waals surface area contributed by atoms with Crippen molar-refractivity contribution >= 4 is 11.8 Å². The molecule has 0 aromatic carbocycles. The first-order valence-corrected chi connectivity index (χ1v) is 9.31. The van der Waals surface area contributed by atoms with Crippen molar-refractivity contribution in [1.82, 2.24) is 9.80 Å². The third kappa shape index (κ3) is 3.75. The van der Waals surface area contributed by atoms with Crippen molar-refractivity contribution in [3.63, 3.8) is 0 Å². The average Bonchev–Trinajstić information content (AvgIpc) is 2.80. The van der Waals surface area contributed by atoms with Gasteiger partial charge in [-0.15, -0.1) is 0 Å². The van der Waals surface area contributed by atoms with Gasteiger partial charge in [0.2, 0.25) is 11.8 Å². The zero-order chi connectivity index (χ0) is 17.2. The molecule has 24 heavy (non-hydrogen) atoms. The highest BCUT2D eigenvalue weighted by atomic mass is 16.6. The number of likely N-dealkylation sites (N-methyl/N-ethyl adjacent to an activating group) is 1. The maximum atomic E-state index is 13.0. The molecule has 0 aromatic rings. The maximum Gasteiger partial charge on any atom is 0.248 e. The van der Waals surface area contributed by atoms with Crippen molar-refractivity contribution in [2.45, 2.75) is 45.1 Å². The predicted octanol–water partition coefficient (Wildman–Crippen LogP) is 1.29. The van der Waals surface area contributed by atoms with Crippen molar-refractivity contribution in [3.05, 3.63) is 0 Å². The van der Waals surface area contributed by atoms with Gasteiger partial charge in [0.05, 0.1) is 26.3 Å². The predicted molar refractivity (Wildman–Crippen MR) is 89.5 cm³/mol. The van der Waals surface area contributed by atoms with E-state index in [0.717, 1.165) is 31.6 Å². The summed E-state index contributed by atoms with van der Waals surface area (Å²) in [5.41, 5.74) is -0.571. The number of amides is 2. The third-order valence-electron chi connectivity index (χ3n) is 5.74. The molecule has 1 atom stereocenters. The average molecular weight is 338 g/mol. The first-order chi connectivity index (χ1) is 11.5. The van der Waals surface area contributed by atoms with Gasteiger partial charge in [-0.05, 0) is 38.5 Å². The molecule has 1 unspecified atom stereocenters. The van der Waals surface area contributed by atoms with Crippen molar-refractivity contribution in [2.24, 2.45) is 11.8 Å². The number of ether oxygens (including phenoxy) is 2. The molecule has 1 saturated carbocycles. The molecule has 6 nitrogen and oxygen atoms in total. The molecular formula is C18H30N2O4. The van der Waals surface area contributed by atoms with Gasteiger partial charge < -0.3 is 19.3 Å². The number of morpholine rings is 1. The molecule has 0 aromatic heterocycles. The van der Waals surface area contributed by atoms with Crippen LogP contribution in [0.3, 0.4) is 0 Å². The number of nitrogens with zero attached hydrogens (tertiary/aromatic N) is 2. The van der Waals surface area contributed by atoms with Gasteiger partial charge in [-0.2, -0.15) is 0 Å². The fourth-order valence-corrected chi connectivity index (χ4v) is 4.12. The van der Waals surface area contributed by atoms with E-state index in [1.807, 2.05) is 16.7 Å². The van der Waals surface area contributed by atoms with Gasteiger partial charge in [0.15, 0.2) is 0 Å². The minimum Gasteiger partial charge on any atom is -0.376 e. The quantitative estimate of drug-likeness (QED) is 0.761. The first-order valence-electron chi connectivity index (χ1n) is 9.31. The van der Waals surface area contributed by atoms with Gasteiger partial charge in [-0.1, -0.05) is 6.92 Å². The van der Waals surface area contributed by atoms with Gasteiger partial charge in [0, 0.05) is 19.0 Å². The lowest BCUT2D eigenvalue weighted by Crippen LogP contribution is -2.61. The summed E-state index contributed by atoms with van der Waals surface area (Å²) in [7, 11) is 0. The number of hydrogen-bond donors (Lipinski definition) is 0. The topological polar surface area (TPSA) is 59.1 Å². The van der Waals surface area contributed by atoms with Crippen LogP contribution in [0.4, 0.5) is 0 Å². The van der Waals surface area contributed by atoms with Gasteiger partial charge in [-0.25, -0.2) is 0 Å². The highest BCUT2D eigenvalue weighted by molar-refractivity contribution is 5.80. The standard InChI is InChI=1S/C18H30N2O4/c1-3-19-11-18(24-10-16(19)21)12-20(8-9-23-13-18)17(22)15-6-4-14(2)5-7-15/h14-15H,3-13H2,1-2H3. The smallest absolute Gasteiger partial charge is 0.248 e. The van der Waals surface area contributed by atoms with E-state index in [1.165, 1.54) is 0 Å². The molecular weight excluding hydrogens is 308 g/mol. The lowest BCUT2D eigenvalue weighted by molar-refractivity contribution is -0.174. The molecule has 1 aliphatic carbocycles. The summed E-state index contributed by atoms with van der Waals surface area (Å²) in [5, 5.41) is 0.